The van der Waals surface area contributed by atoms with Crippen LogP contribution >= 0.6 is 0 Å². The van der Waals surface area contributed by atoms with Crippen LogP contribution in [-0.2, 0) is 14.3 Å². The Balaban J connectivity index is 3.94. The van der Waals surface area contributed by atoms with Gasteiger partial charge in [-0.05, 0) is 18.3 Å². The molecule has 0 aromatic heterocycles. The van der Waals surface area contributed by atoms with Crippen molar-refractivity contribution in [3.8, 4) is 0 Å². The van der Waals surface area contributed by atoms with Gasteiger partial charge < -0.3 is 20.9 Å². The predicted molar refractivity (Wildman–Crippen MR) is 68.1 cm³/mol. The summed E-state index contributed by atoms with van der Waals surface area (Å²) in [6.07, 6.45) is 0.826. The van der Waals surface area contributed by atoms with Crippen molar-refractivity contribution < 1.29 is 19.4 Å². The maximum absolute atomic E-state index is 11.5. The van der Waals surface area contributed by atoms with Crippen LogP contribution in [0.2, 0.25) is 0 Å². The van der Waals surface area contributed by atoms with E-state index in [1.54, 1.807) is 0 Å². The molecular weight excluding hydrogens is 236 g/mol. The summed E-state index contributed by atoms with van der Waals surface area (Å²) in [6, 6.07) is 0. The van der Waals surface area contributed by atoms with E-state index in [2.05, 4.69) is 5.32 Å². The summed E-state index contributed by atoms with van der Waals surface area (Å²) in [4.78, 5) is 22.0. The Hall–Kier alpha value is -1.14. The van der Waals surface area contributed by atoms with Crippen molar-refractivity contribution in [1.29, 1.82) is 0 Å². The van der Waals surface area contributed by atoms with Gasteiger partial charge in [-0.1, -0.05) is 13.8 Å². The first-order valence-corrected chi connectivity index (χ1v) is 6.05. The number of nitrogens with one attached hydrogen (secondary N) is 1. The van der Waals surface area contributed by atoms with E-state index >= 15 is 0 Å². The van der Waals surface area contributed by atoms with Crippen LogP contribution in [0.3, 0.4) is 0 Å². The van der Waals surface area contributed by atoms with Crippen LogP contribution in [0.25, 0.3) is 0 Å². The minimum atomic E-state index is -0.797. The lowest BCUT2D eigenvalue weighted by molar-refractivity contribution is -0.137. The zero-order valence-electron chi connectivity index (χ0n) is 11.4. The number of ether oxygens (including phenoxy) is 1. The van der Waals surface area contributed by atoms with E-state index in [0.717, 1.165) is 0 Å². The number of carbonyl (C=O) groups excluding carboxylic acids is 1. The highest BCUT2D eigenvalue weighted by molar-refractivity contribution is 5.80. The van der Waals surface area contributed by atoms with Gasteiger partial charge in [0.1, 0.15) is 6.10 Å². The molecule has 0 rings (SSSR count). The van der Waals surface area contributed by atoms with Crippen molar-refractivity contribution in [1.82, 2.24) is 5.32 Å². The summed E-state index contributed by atoms with van der Waals surface area (Å²) in [7, 11) is 1.44. The molecule has 0 fully saturated rings. The molecule has 0 spiro atoms. The molecule has 6 nitrogen and oxygen atoms in total. The highest BCUT2D eigenvalue weighted by atomic mass is 16.5. The second-order valence-corrected chi connectivity index (χ2v) is 5.06. The molecule has 1 amide bonds. The van der Waals surface area contributed by atoms with Crippen LogP contribution < -0.4 is 11.1 Å². The van der Waals surface area contributed by atoms with Crippen molar-refractivity contribution in [2.75, 3.05) is 20.2 Å². The standard InChI is InChI=1S/C12H24N2O4/c1-12(2,5-4-10(15)16)6-7-14-11(17)9(8-13)18-3/h9H,4-8,13H2,1-3H3,(H,14,17)(H,15,16). The van der Waals surface area contributed by atoms with Crippen LogP contribution in [0, 0.1) is 5.41 Å². The minimum Gasteiger partial charge on any atom is -0.481 e. The van der Waals surface area contributed by atoms with Crippen LogP contribution in [0.15, 0.2) is 0 Å². The molecule has 0 heterocycles. The average molecular weight is 260 g/mol. The molecule has 0 saturated heterocycles. The molecule has 6 heteroatoms. The fourth-order valence-electron chi connectivity index (χ4n) is 1.52. The summed E-state index contributed by atoms with van der Waals surface area (Å²) in [5.41, 5.74) is 5.26. The van der Waals surface area contributed by atoms with Crippen LogP contribution in [-0.4, -0.2) is 43.3 Å². The predicted octanol–water partition coefficient (Wildman–Crippen LogP) is 0.357. The van der Waals surface area contributed by atoms with Gasteiger partial charge in [-0.3, -0.25) is 9.59 Å². The number of carbonyl (C=O) groups is 2. The lowest BCUT2D eigenvalue weighted by Crippen LogP contribution is -2.41. The van der Waals surface area contributed by atoms with Gasteiger partial charge >= 0.3 is 5.97 Å². The zero-order chi connectivity index (χ0) is 14.2. The molecular formula is C12H24N2O4. The fraction of sp³-hybridized carbons (Fsp3) is 0.833. The van der Waals surface area contributed by atoms with Gasteiger partial charge in [-0.15, -0.1) is 0 Å². The number of aliphatic carboxylic acids is 1. The zero-order valence-corrected chi connectivity index (χ0v) is 11.4. The molecule has 0 aromatic rings. The summed E-state index contributed by atoms with van der Waals surface area (Å²) in [6.45, 7) is 4.60. The number of rotatable bonds is 9. The first kappa shape index (κ1) is 16.9. The first-order chi connectivity index (χ1) is 8.32. The molecule has 0 radical (unpaired) electrons. The Morgan fingerprint density at radius 2 is 2.00 bits per heavy atom. The Morgan fingerprint density at radius 1 is 1.39 bits per heavy atom. The lowest BCUT2D eigenvalue weighted by Gasteiger charge is -2.24. The highest BCUT2D eigenvalue weighted by Crippen LogP contribution is 2.25. The third-order valence-corrected chi connectivity index (χ3v) is 2.91. The van der Waals surface area contributed by atoms with Gasteiger partial charge in [0.2, 0.25) is 5.91 Å². The van der Waals surface area contributed by atoms with Gasteiger partial charge in [0.25, 0.3) is 0 Å². The SMILES string of the molecule is COC(CN)C(=O)NCCC(C)(C)CCC(=O)O. The molecule has 0 bridgehead atoms. The molecule has 4 N–H and O–H groups in total. The van der Waals surface area contributed by atoms with Crippen LogP contribution in [0.1, 0.15) is 33.1 Å². The molecule has 18 heavy (non-hydrogen) atoms. The van der Waals surface area contributed by atoms with Crippen molar-refractivity contribution in [2.24, 2.45) is 11.1 Å². The lowest BCUT2D eigenvalue weighted by atomic mass is 9.84. The minimum absolute atomic E-state index is 0.114. The maximum atomic E-state index is 11.5. The van der Waals surface area contributed by atoms with Crippen molar-refractivity contribution >= 4 is 11.9 Å². The van der Waals surface area contributed by atoms with E-state index in [1.165, 1.54) is 7.11 Å². The Morgan fingerprint density at radius 3 is 2.44 bits per heavy atom. The normalized spacial score (nSPS) is 13.1. The second kappa shape index (κ2) is 8.05. The molecule has 0 aromatic carbocycles. The molecule has 1 unspecified atom stereocenters. The second-order valence-electron chi connectivity index (χ2n) is 5.06. The number of methoxy groups -OCH3 is 1. The van der Waals surface area contributed by atoms with Gasteiger partial charge in [-0.2, -0.15) is 0 Å². The molecule has 0 aliphatic rings. The van der Waals surface area contributed by atoms with E-state index < -0.39 is 12.1 Å². The number of hydrogen-bond acceptors (Lipinski definition) is 4. The topological polar surface area (TPSA) is 102 Å². The number of nitrogens with two attached hydrogens (primary N) is 1. The Labute approximate surface area is 108 Å². The number of carboxylic acids is 1. The fourth-order valence-corrected chi connectivity index (χ4v) is 1.52. The summed E-state index contributed by atoms with van der Waals surface area (Å²) >= 11 is 0. The monoisotopic (exact) mass is 260 g/mol. The third-order valence-electron chi connectivity index (χ3n) is 2.91. The van der Waals surface area contributed by atoms with Gasteiger partial charge in [0.05, 0.1) is 0 Å². The van der Waals surface area contributed by atoms with E-state index in [0.29, 0.717) is 19.4 Å². The summed E-state index contributed by atoms with van der Waals surface area (Å²) in [5, 5.41) is 11.4. The Kier molecular flexibility index (Phi) is 7.54. The molecule has 0 aliphatic carbocycles. The van der Waals surface area contributed by atoms with Gasteiger partial charge in [0.15, 0.2) is 0 Å². The van der Waals surface area contributed by atoms with E-state index in [1.807, 2.05) is 13.8 Å². The van der Waals surface area contributed by atoms with Crippen molar-refractivity contribution in [3.05, 3.63) is 0 Å². The number of hydrogen-bond donors (Lipinski definition) is 3. The molecule has 0 saturated carbocycles. The van der Waals surface area contributed by atoms with Crippen molar-refractivity contribution in [2.45, 2.75) is 39.2 Å². The third kappa shape index (κ3) is 7.24. The Bertz CT molecular complexity index is 275. The maximum Gasteiger partial charge on any atom is 0.303 e. The van der Waals surface area contributed by atoms with Crippen molar-refractivity contribution in [3.63, 3.8) is 0 Å². The summed E-state index contributed by atoms with van der Waals surface area (Å²) < 4.78 is 4.91. The van der Waals surface area contributed by atoms with E-state index in [-0.39, 0.29) is 24.3 Å². The molecule has 106 valence electrons. The highest BCUT2D eigenvalue weighted by Gasteiger charge is 2.20. The quantitative estimate of drug-likeness (QED) is 0.555. The largest absolute Gasteiger partial charge is 0.481 e. The number of carboxylic acid groups (broad SMARTS) is 1. The van der Waals surface area contributed by atoms with Crippen LogP contribution in [0.4, 0.5) is 0 Å². The first-order valence-electron chi connectivity index (χ1n) is 6.05. The van der Waals surface area contributed by atoms with E-state index in [9.17, 15) is 9.59 Å². The average Bonchev–Trinajstić information content (AvgIpc) is 2.28. The van der Waals surface area contributed by atoms with Gasteiger partial charge in [0, 0.05) is 26.6 Å². The summed E-state index contributed by atoms with van der Waals surface area (Å²) in [5.74, 6) is -1.02. The van der Waals surface area contributed by atoms with Crippen LogP contribution in [0.5, 0.6) is 0 Å². The van der Waals surface area contributed by atoms with E-state index in [4.69, 9.17) is 15.6 Å². The molecule has 0 aliphatic heterocycles. The molecule has 1 atom stereocenters. The number of amides is 1. The smallest absolute Gasteiger partial charge is 0.303 e. The van der Waals surface area contributed by atoms with Gasteiger partial charge in [-0.25, -0.2) is 0 Å².